The van der Waals surface area contributed by atoms with Crippen LogP contribution in [-0.4, -0.2) is 19.7 Å². The van der Waals surface area contributed by atoms with E-state index in [0.29, 0.717) is 23.6 Å². The van der Waals surface area contributed by atoms with Crippen LogP contribution in [0.2, 0.25) is 0 Å². The highest BCUT2D eigenvalue weighted by Crippen LogP contribution is 2.30. The van der Waals surface area contributed by atoms with Crippen molar-refractivity contribution in [2.45, 2.75) is 25.7 Å². The molecule has 1 fully saturated rings. The molecule has 1 aromatic rings. The maximum Gasteiger partial charge on any atom is 0.337 e. The monoisotopic (exact) mass is 249 g/mol. The van der Waals surface area contributed by atoms with Crippen LogP contribution in [0.4, 0.5) is 5.69 Å². The van der Waals surface area contributed by atoms with Gasteiger partial charge in [-0.1, -0.05) is 19.3 Å². The number of hydrogen-bond acceptors (Lipinski definition) is 4. The predicted molar refractivity (Wildman–Crippen MR) is 69.6 cm³/mol. The van der Waals surface area contributed by atoms with Gasteiger partial charge in [0.05, 0.1) is 25.0 Å². The topological polar surface area (TPSA) is 61.5 Å². The average molecular weight is 249 g/mol. The molecular weight excluding hydrogens is 230 g/mol. The number of carbonyl (C=O) groups excluding carboxylic acids is 1. The van der Waals surface area contributed by atoms with E-state index in [1.165, 1.54) is 26.4 Å². The number of carbonyl (C=O) groups is 1. The Morgan fingerprint density at radius 3 is 2.83 bits per heavy atom. The molecular formula is C14H19NO3. The summed E-state index contributed by atoms with van der Waals surface area (Å²) in [6.45, 7) is 0.652. The van der Waals surface area contributed by atoms with Gasteiger partial charge in [-0.2, -0.15) is 0 Å². The van der Waals surface area contributed by atoms with Crippen molar-refractivity contribution in [3.05, 3.63) is 23.8 Å². The van der Waals surface area contributed by atoms with E-state index in [9.17, 15) is 4.79 Å². The predicted octanol–water partition coefficient (Wildman–Crippen LogP) is 2.62. The molecule has 0 aliphatic heterocycles. The van der Waals surface area contributed by atoms with Gasteiger partial charge in [0, 0.05) is 0 Å². The normalized spacial score (nSPS) is 14.9. The van der Waals surface area contributed by atoms with E-state index in [0.717, 1.165) is 12.3 Å². The molecule has 0 spiro atoms. The van der Waals surface area contributed by atoms with Crippen LogP contribution in [0.15, 0.2) is 18.2 Å². The highest BCUT2D eigenvalue weighted by Gasteiger charge is 2.17. The van der Waals surface area contributed by atoms with Crippen LogP contribution in [0.1, 0.15) is 36.0 Å². The fraction of sp³-hybridized carbons (Fsp3) is 0.500. The Labute approximate surface area is 107 Å². The van der Waals surface area contributed by atoms with E-state index >= 15 is 0 Å². The number of esters is 1. The maximum absolute atomic E-state index is 11.4. The Morgan fingerprint density at radius 1 is 1.44 bits per heavy atom. The average Bonchev–Trinajstić information content (AvgIpc) is 2.33. The van der Waals surface area contributed by atoms with Gasteiger partial charge in [0.25, 0.3) is 0 Å². The van der Waals surface area contributed by atoms with Gasteiger partial charge in [-0.3, -0.25) is 0 Å². The Balaban J connectivity index is 1.94. The fourth-order valence-corrected chi connectivity index (χ4v) is 2.02. The van der Waals surface area contributed by atoms with Gasteiger partial charge in [0.2, 0.25) is 0 Å². The lowest BCUT2D eigenvalue weighted by atomic mass is 9.83. The number of hydrogen-bond donors (Lipinski definition) is 1. The van der Waals surface area contributed by atoms with Gasteiger partial charge in [0.15, 0.2) is 0 Å². The van der Waals surface area contributed by atoms with Gasteiger partial charge in [0.1, 0.15) is 5.75 Å². The number of anilines is 1. The molecule has 18 heavy (non-hydrogen) atoms. The lowest BCUT2D eigenvalue weighted by Crippen LogP contribution is -2.15. The lowest BCUT2D eigenvalue weighted by molar-refractivity contribution is 0.0600. The minimum absolute atomic E-state index is 0.376. The molecule has 4 nitrogen and oxygen atoms in total. The van der Waals surface area contributed by atoms with Crippen molar-refractivity contribution >= 4 is 11.7 Å². The molecule has 1 aliphatic rings. The van der Waals surface area contributed by atoms with Crippen LogP contribution < -0.4 is 10.5 Å². The van der Waals surface area contributed by atoms with Crippen LogP contribution >= 0.6 is 0 Å². The molecule has 0 radical (unpaired) electrons. The van der Waals surface area contributed by atoms with E-state index in [2.05, 4.69) is 4.74 Å². The Kier molecular flexibility index (Phi) is 4.07. The van der Waals surface area contributed by atoms with Crippen molar-refractivity contribution in [1.29, 1.82) is 0 Å². The molecule has 0 saturated heterocycles. The second-order valence-electron chi connectivity index (χ2n) is 4.68. The first-order valence-electron chi connectivity index (χ1n) is 6.31. The summed E-state index contributed by atoms with van der Waals surface area (Å²) >= 11 is 0. The van der Waals surface area contributed by atoms with E-state index < -0.39 is 0 Å². The summed E-state index contributed by atoms with van der Waals surface area (Å²) in [7, 11) is 1.36. The van der Waals surface area contributed by atoms with Crippen LogP contribution in [-0.2, 0) is 4.74 Å². The van der Waals surface area contributed by atoms with Crippen molar-refractivity contribution in [2.75, 3.05) is 19.5 Å². The van der Waals surface area contributed by atoms with Gasteiger partial charge >= 0.3 is 5.97 Å². The first-order chi connectivity index (χ1) is 8.70. The third-order valence-corrected chi connectivity index (χ3v) is 3.44. The quantitative estimate of drug-likeness (QED) is 0.643. The molecule has 0 atom stereocenters. The number of nitrogens with two attached hydrogens (primary N) is 1. The first kappa shape index (κ1) is 12.7. The number of rotatable bonds is 5. The van der Waals surface area contributed by atoms with E-state index in [4.69, 9.17) is 10.5 Å². The number of nitrogen functional groups attached to an aromatic ring is 1. The fourth-order valence-electron chi connectivity index (χ4n) is 2.02. The molecule has 2 N–H and O–H groups in total. The molecule has 1 aliphatic carbocycles. The third kappa shape index (κ3) is 2.94. The summed E-state index contributed by atoms with van der Waals surface area (Å²) in [5.74, 6) is 0.992. The van der Waals surface area contributed by atoms with Gasteiger partial charge in [-0.05, 0) is 30.5 Å². The molecule has 0 unspecified atom stereocenters. The lowest BCUT2D eigenvalue weighted by Gasteiger charge is -2.25. The first-order valence-corrected chi connectivity index (χ1v) is 6.31. The second-order valence-corrected chi connectivity index (χ2v) is 4.68. The Bertz CT molecular complexity index is 427. The van der Waals surface area contributed by atoms with Crippen LogP contribution in [0.25, 0.3) is 0 Å². The highest BCUT2D eigenvalue weighted by molar-refractivity contribution is 5.90. The summed E-state index contributed by atoms with van der Waals surface area (Å²) in [5.41, 5.74) is 6.83. The third-order valence-electron chi connectivity index (χ3n) is 3.44. The van der Waals surface area contributed by atoms with Crippen LogP contribution in [0.3, 0.4) is 0 Å². The number of ether oxygens (including phenoxy) is 2. The molecule has 0 amide bonds. The largest absolute Gasteiger partial charge is 0.491 e. The number of methoxy groups -OCH3 is 1. The maximum atomic E-state index is 11.4. The van der Waals surface area contributed by atoms with Crippen molar-refractivity contribution in [3.8, 4) is 5.75 Å². The minimum Gasteiger partial charge on any atom is -0.491 e. The zero-order chi connectivity index (χ0) is 13.0. The molecule has 0 bridgehead atoms. The van der Waals surface area contributed by atoms with Gasteiger partial charge in [-0.15, -0.1) is 0 Å². The summed E-state index contributed by atoms with van der Waals surface area (Å²) in [5, 5.41) is 0. The highest BCUT2D eigenvalue weighted by atomic mass is 16.5. The molecule has 4 heteroatoms. The Morgan fingerprint density at radius 2 is 2.22 bits per heavy atom. The summed E-state index contributed by atoms with van der Waals surface area (Å²) in [6, 6.07) is 4.95. The van der Waals surface area contributed by atoms with Crippen LogP contribution in [0, 0.1) is 5.92 Å². The number of benzene rings is 1. The Hall–Kier alpha value is -1.71. The smallest absolute Gasteiger partial charge is 0.337 e. The van der Waals surface area contributed by atoms with E-state index in [-0.39, 0.29) is 5.97 Å². The summed E-state index contributed by atoms with van der Waals surface area (Å²) in [6.07, 6.45) is 5.01. The molecule has 0 heterocycles. The molecule has 0 aromatic heterocycles. The molecule has 1 saturated carbocycles. The SMILES string of the molecule is COC(=O)c1ccc(N)c(OCCC2CCC2)c1. The van der Waals surface area contributed by atoms with Crippen molar-refractivity contribution in [1.82, 2.24) is 0 Å². The van der Waals surface area contributed by atoms with Crippen molar-refractivity contribution < 1.29 is 14.3 Å². The molecule has 2 rings (SSSR count). The summed E-state index contributed by atoms with van der Waals surface area (Å²) < 4.78 is 10.3. The summed E-state index contributed by atoms with van der Waals surface area (Å²) in [4.78, 5) is 11.4. The second kappa shape index (κ2) is 5.76. The molecule has 98 valence electrons. The van der Waals surface area contributed by atoms with E-state index in [1.54, 1.807) is 18.2 Å². The van der Waals surface area contributed by atoms with Gasteiger partial charge < -0.3 is 15.2 Å². The van der Waals surface area contributed by atoms with Gasteiger partial charge in [-0.25, -0.2) is 4.79 Å². The van der Waals surface area contributed by atoms with Crippen molar-refractivity contribution in [2.24, 2.45) is 5.92 Å². The van der Waals surface area contributed by atoms with E-state index in [1.807, 2.05) is 0 Å². The molecule has 1 aromatic carbocycles. The standard InChI is InChI=1S/C14H19NO3/c1-17-14(16)11-5-6-12(15)13(9-11)18-8-7-10-3-2-4-10/h5-6,9-10H,2-4,7-8,15H2,1H3. The minimum atomic E-state index is -0.376. The van der Waals surface area contributed by atoms with Crippen LogP contribution in [0.5, 0.6) is 5.75 Å². The zero-order valence-electron chi connectivity index (χ0n) is 10.6. The van der Waals surface area contributed by atoms with Crippen molar-refractivity contribution in [3.63, 3.8) is 0 Å². The zero-order valence-corrected chi connectivity index (χ0v) is 10.6.